The van der Waals surface area contributed by atoms with Crippen molar-refractivity contribution < 1.29 is 9.90 Å². The van der Waals surface area contributed by atoms with Gasteiger partial charge in [-0.3, -0.25) is 9.69 Å². The summed E-state index contributed by atoms with van der Waals surface area (Å²) < 4.78 is 0. The Morgan fingerprint density at radius 2 is 1.77 bits per heavy atom. The summed E-state index contributed by atoms with van der Waals surface area (Å²) in [6, 6.07) is 15.0. The first-order chi connectivity index (χ1) is 14.6. The first-order valence-corrected chi connectivity index (χ1v) is 10.6. The van der Waals surface area contributed by atoms with Gasteiger partial charge in [0.2, 0.25) is 5.95 Å². The number of nitrogens with zero attached hydrogens (tertiary/aromatic N) is 4. The van der Waals surface area contributed by atoms with Crippen LogP contribution in [0.15, 0.2) is 48.5 Å². The quantitative estimate of drug-likeness (QED) is 0.673. The molecular formula is C22H24ClN5O2. The molecule has 30 heavy (non-hydrogen) atoms. The van der Waals surface area contributed by atoms with Crippen molar-refractivity contribution in [1.29, 1.82) is 0 Å². The minimum absolute atomic E-state index is 0.0298. The minimum atomic E-state index is -0.447. The number of aliphatic hydroxyl groups is 1. The van der Waals surface area contributed by atoms with E-state index in [0.29, 0.717) is 36.8 Å². The van der Waals surface area contributed by atoms with Gasteiger partial charge in [0.25, 0.3) is 5.91 Å². The SMILES string of the molecule is O=C(c1ccc(Cl)cc1)N1CCN(C2CN(c3nc4ccccc4[nH]3)CC2O)CC1. The number of imidazole rings is 1. The number of piperazine rings is 1. The summed E-state index contributed by atoms with van der Waals surface area (Å²) in [5.41, 5.74) is 2.59. The molecule has 0 radical (unpaired) electrons. The number of amides is 1. The second-order valence-electron chi connectivity index (χ2n) is 7.95. The van der Waals surface area contributed by atoms with Gasteiger partial charge in [-0.2, -0.15) is 0 Å². The van der Waals surface area contributed by atoms with Crippen LogP contribution in [0.5, 0.6) is 0 Å². The summed E-state index contributed by atoms with van der Waals surface area (Å²) in [4.78, 5) is 27.0. The first kappa shape index (κ1) is 19.4. The summed E-state index contributed by atoms with van der Waals surface area (Å²) >= 11 is 5.92. The molecule has 7 nitrogen and oxygen atoms in total. The van der Waals surface area contributed by atoms with Gasteiger partial charge in [0.1, 0.15) is 0 Å². The number of H-pyrrole nitrogens is 1. The third-order valence-corrected chi connectivity index (χ3v) is 6.35. The molecule has 1 amide bonds. The Balaban J connectivity index is 1.22. The molecule has 0 bridgehead atoms. The zero-order chi connectivity index (χ0) is 20.7. The summed E-state index contributed by atoms with van der Waals surface area (Å²) in [6.07, 6.45) is -0.447. The van der Waals surface area contributed by atoms with Gasteiger partial charge in [-0.05, 0) is 36.4 Å². The summed E-state index contributed by atoms with van der Waals surface area (Å²) in [7, 11) is 0. The second-order valence-corrected chi connectivity index (χ2v) is 8.39. The van der Waals surface area contributed by atoms with Crippen molar-refractivity contribution in [2.75, 3.05) is 44.2 Å². The van der Waals surface area contributed by atoms with Gasteiger partial charge < -0.3 is 19.9 Å². The molecule has 0 spiro atoms. The lowest BCUT2D eigenvalue weighted by Crippen LogP contribution is -2.54. The molecule has 2 aliphatic heterocycles. The van der Waals surface area contributed by atoms with Gasteiger partial charge in [-0.1, -0.05) is 23.7 Å². The Morgan fingerprint density at radius 3 is 2.50 bits per heavy atom. The third kappa shape index (κ3) is 3.64. The van der Waals surface area contributed by atoms with Gasteiger partial charge in [0.15, 0.2) is 0 Å². The molecule has 2 saturated heterocycles. The number of anilines is 1. The lowest BCUT2D eigenvalue weighted by Gasteiger charge is -2.38. The third-order valence-electron chi connectivity index (χ3n) is 6.10. The Morgan fingerprint density at radius 1 is 1.03 bits per heavy atom. The van der Waals surface area contributed by atoms with Crippen molar-refractivity contribution in [3.63, 3.8) is 0 Å². The minimum Gasteiger partial charge on any atom is -0.390 e. The predicted molar refractivity (Wildman–Crippen MR) is 117 cm³/mol. The number of nitrogens with one attached hydrogen (secondary N) is 1. The maximum Gasteiger partial charge on any atom is 0.253 e. The molecule has 2 N–H and O–H groups in total. The molecule has 5 rings (SSSR count). The van der Waals surface area contributed by atoms with E-state index in [0.717, 1.165) is 30.1 Å². The number of hydrogen-bond donors (Lipinski definition) is 2. The molecule has 2 atom stereocenters. The number of aliphatic hydroxyl groups excluding tert-OH is 1. The van der Waals surface area contributed by atoms with E-state index in [1.807, 2.05) is 29.2 Å². The van der Waals surface area contributed by atoms with Crippen molar-refractivity contribution in [3.8, 4) is 0 Å². The van der Waals surface area contributed by atoms with E-state index in [4.69, 9.17) is 11.6 Å². The van der Waals surface area contributed by atoms with Crippen LogP contribution in [-0.4, -0.2) is 82.2 Å². The molecule has 156 valence electrons. The summed E-state index contributed by atoms with van der Waals surface area (Å²) in [6.45, 7) is 4.05. The Labute approximate surface area is 179 Å². The number of benzene rings is 2. The monoisotopic (exact) mass is 425 g/mol. The fraction of sp³-hybridized carbons (Fsp3) is 0.364. The van der Waals surface area contributed by atoms with Crippen molar-refractivity contribution in [3.05, 3.63) is 59.1 Å². The molecule has 1 aromatic heterocycles. The van der Waals surface area contributed by atoms with E-state index in [1.165, 1.54) is 0 Å². The molecule has 3 aromatic rings. The molecule has 2 aliphatic rings. The van der Waals surface area contributed by atoms with E-state index < -0.39 is 6.10 Å². The van der Waals surface area contributed by atoms with E-state index >= 15 is 0 Å². The molecular weight excluding hydrogens is 402 g/mol. The topological polar surface area (TPSA) is 75.7 Å². The van der Waals surface area contributed by atoms with Crippen LogP contribution >= 0.6 is 11.6 Å². The van der Waals surface area contributed by atoms with Crippen molar-refractivity contribution in [2.24, 2.45) is 0 Å². The zero-order valence-corrected chi connectivity index (χ0v) is 17.3. The van der Waals surface area contributed by atoms with Gasteiger partial charge in [0, 0.05) is 49.9 Å². The van der Waals surface area contributed by atoms with Crippen LogP contribution in [0.3, 0.4) is 0 Å². The number of carbonyl (C=O) groups is 1. The highest BCUT2D eigenvalue weighted by molar-refractivity contribution is 6.30. The number of para-hydroxylation sites is 2. The van der Waals surface area contributed by atoms with Crippen LogP contribution in [0.1, 0.15) is 10.4 Å². The fourth-order valence-electron chi connectivity index (χ4n) is 4.42. The number of rotatable bonds is 3. The average Bonchev–Trinajstić information content (AvgIpc) is 3.37. The number of aromatic nitrogens is 2. The smallest absolute Gasteiger partial charge is 0.253 e. The van der Waals surface area contributed by atoms with Crippen LogP contribution in [0, 0.1) is 0 Å². The first-order valence-electron chi connectivity index (χ1n) is 10.2. The lowest BCUT2D eigenvalue weighted by atomic mass is 10.1. The number of carbonyl (C=O) groups excluding carboxylic acids is 1. The number of fused-ring (bicyclic) bond motifs is 1. The van der Waals surface area contributed by atoms with Crippen LogP contribution in [0.4, 0.5) is 5.95 Å². The van der Waals surface area contributed by atoms with E-state index in [-0.39, 0.29) is 11.9 Å². The standard InChI is InChI=1S/C22H24ClN5O2/c23-16-7-5-15(6-8-16)21(30)27-11-9-26(10-12-27)19-13-28(14-20(19)29)22-24-17-3-1-2-4-18(17)25-22/h1-8,19-20,29H,9-14H2,(H,24,25). The number of aromatic amines is 1. The maximum atomic E-state index is 12.7. The highest BCUT2D eigenvalue weighted by atomic mass is 35.5. The van der Waals surface area contributed by atoms with Crippen LogP contribution in [0.2, 0.25) is 5.02 Å². The van der Waals surface area contributed by atoms with E-state index in [9.17, 15) is 9.90 Å². The summed E-state index contributed by atoms with van der Waals surface area (Å²) in [5, 5.41) is 11.3. The molecule has 3 heterocycles. The van der Waals surface area contributed by atoms with Crippen molar-refractivity contribution in [1.82, 2.24) is 19.8 Å². The van der Waals surface area contributed by atoms with E-state index in [1.54, 1.807) is 24.3 Å². The largest absolute Gasteiger partial charge is 0.390 e. The molecule has 8 heteroatoms. The average molecular weight is 426 g/mol. The molecule has 0 saturated carbocycles. The van der Waals surface area contributed by atoms with Crippen molar-refractivity contribution in [2.45, 2.75) is 12.1 Å². The Bertz CT molecular complexity index is 1010. The van der Waals surface area contributed by atoms with Gasteiger partial charge in [-0.25, -0.2) is 4.98 Å². The normalized spacial score (nSPS) is 22.7. The summed E-state index contributed by atoms with van der Waals surface area (Å²) in [5.74, 6) is 0.830. The van der Waals surface area contributed by atoms with Crippen LogP contribution in [0.25, 0.3) is 11.0 Å². The molecule has 2 unspecified atom stereocenters. The van der Waals surface area contributed by atoms with Gasteiger partial charge >= 0.3 is 0 Å². The van der Waals surface area contributed by atoms with Crippen LogP contribution < -0.4 is 4.90 Å². The predicted octanol–water partition coefficient (Wildman–Crippen LogP) is 2.22. The number of β-amino-alcohol motifs (C(OH)–C–C–N with tert-alkyl or cyclic N) is 1. The van der Waals surface area contributed by atoms with Gasteiger partial charge in [0.05, 0.1) is 23.2 Å². The fourth-order valence-corrected chi connectivity index (χ4v) is 4.55. The highest BCUT2D eigenvalue weighted by Crippen LogP contribution is 2.25. The van der Waals surface area contributed by atoms with Crippen LogP contribution in [-0.2, 0) is 0 Å². The Kier molecular flexibility index (Phi) is 5.10. The second kappa shape index (κ2) is 7.91. The number of halogens is 1. The Hall–Kier alpha value is -2.61. The van der Waals surface area contributed by atoms with E-state index in [2.05, 4.69) is 19.8 Å². The maximum absolute atomic E-state index is 12.7. The van der Waals surface area contributed by atoms with Crippen molar-refractivity contribution >= 4 is 34.5 Å². The zero-order valence-electron chi connectivity index (χ0n) is 16.5. The number of hydrogen-bond acceptors (Lipinski definition) is 5. The molecule has 0 aliphatic carbocycles. The molecule has 2 aromatic carbocycles. The lowest BCUT2D eigenvalue weighted by molar-refractivity contribution is 0.0376. The molecule has 2 fully saturated rings. The van der Waals surface area contributed by atoms with Gasteiger partial charge in [-0.15, -0.1) is 0 Å². The highest BCUT2D eigenvalue weighted by Gasteiger charge is 2.38.